The Morgan fingerprint density at radius 2 is 1.77 bits per heavy atom. The highest BCUT2D eigenvalue weighted by atomic mass is 35.5. The van der Waals surface area contributed by atoms with Crippen LogP contribution in [0.1, 0.15) is 44.1 Å². The Kier molecular flexibility index (Phi) is 5.10. The molecule has 8 nitrogen and oxygen atoms in total. The zero-order valence-electron chi connectivity index (χ0n) is 18.9. The first kappa shape index (κ1) is 23.8. The van der Waals surface area contributed by atoms with E-state index in [1.165, 1.54) is 27.9 Å². The molecule has 0 saturated carbocycles. The molecule has 0 radical (unpaired) electrons. The SMILES string of the molecule is CC(C)(C)c1nc(N2CCC(F)(F)C2)c2nn(Cc3ccc(C4(C(F)(F)F)N=N4)cc3Cl)nc2n1. The zero-order chi connectivity index (χ0) is 25.4. The van der Waals surface area contributed by atoms with Gasteiger partial charge in [-0.05, 0) is 11.6 Å². The van der Waals surface area contributed by atoms with E-state index in [1.54, 1.807) is 0 Å². The van der Waals surface area contributed by atoms with Crippen LogP contribution in [0.25, 0.3) is 11.2 Å². The van der Waals surface area contributed by atoms with Crippen molar-refractivity contribution in [2.24, 2.45) is 10.2 Å². The van der Waals surface area contributed by atoms with Gasteiger partial charge in [0, 0.05) is 29.0 Å². The van der Waals surface area contributed by atoms with E-state index in [9.17, 15) is 22.0 Å². The minimum Gasteiger partial charge on any atom is -0.348 e. The van der Waals surface area contributed by atoms with Crippen molar-refractivity contribution < 1.29 is 22.0 Å². The van der Waals surface area contributed by atoms with Gasteiger partial charge in [0.25, 0.3) is 5.92 Å². The quantitative estimate of drug-likeness (QED) is 0.444. The first-order valence-electron chi connectivity index (χ1n) is 10.7. The molecular weight excluding hydrogens is 495 g/mol. The van der Waals surface area contributed by atoms with E-state index in [0.29, 0.717) is 11.4 Å². The fraction of sp³-hybridized carbons (Fsp3) is 0.524. The van der Waals surface area contributed by atoms with Crippen molar-refractivity contribution in [2.45, 2.75) is 56.9 Å². The molecule has 1 fully saturated rings. The van der Waals surface area contributed by atoms with Gasteiger partial charge in [-0.1, -0.05) is 44.5 Å². The van der Waals surface area contributed by atoms with Gasteiger partial charge in [-0.25, -0.2) is 18.7 Å². The lowest BCUT2D eigenvalue weighted by molar-refractivity contribution is -0.166. The predicted octanol–water partition coefficient (Wildman–Crippen LogP) is 5.25. The molecule has 14 heteroatoms. The molecule has 0 N–H and O–H groups in total. The third kappa shape index (κ3) is 4.19. The number of rotatable bonds is 4. The Morgan fingerprint density at radius 1 is 1.06 bits per heavy atom. The van der Waals surface area contributed by atoms with Crippen LogP contribution in [0, 0.1) is 0 Å². The molecule has 2 aromatic heterocycles. The molecule has 5 rings (SSSR count). The highest BCUT2D eigenvalue weighted by Crippen LogP contribution is 2.52. The number of halogens is 6. The molecule has 0 spiro atoms. The van der Waals surface area contributed by atoms with E-state index in [4.69, 9.17) is 11.6 Å². The zero-order valence-corrected chi connectivity index (χ0v) is 19.7. The van der Waals surface area contributed by atoms with Gasteiger partial charge in [0.2, 0.25) is 5.65 Å². The Balaban J connectivity index is 1.50. The van der Waals surface area contributed by atoms with Gasteiger partial charge in [0.15, 0.2) is 11.3 Å². The second kappa shape index (κ2) is 7.52. The Morgan fingerprint density at radius 3 is 2.31 bits per heavy atom. The summed E-state index contributed by atoms with van der Waals surface area (Å²) in [7, 11) is 0. The van der Waals surface area contributed by atoms with Crippen molar-refractivity contribution in [3.63, 3.8) is 0 Å². The summed E-state index contributed by atoms with van der Waals surface area (Å²) in [5, 5.41) is 15.2. The Labute approximate surface area is 201 Å². The topological polar surface area (TPSA) is 84.5 Å². The van der Waals surface area contributed by atoms with Crippen LogP contribution in [-0.2, 0) is 17.6 Å². The molecule has 0 atom stereocenters. The number of hydrogen-bond acceptors (Lipinski definition) is 7. The van der Waals surface area contributed by atoms with Gasteiger partial charge in [-0.3, -0.25) is 0 Å². The summed E-state index contributed by atoms with van der Waals surface area (Å²) in [6.45, 7) is 5.33. The first-order valence-corrected chi connectivity index (χ1v) is 11.1. The van der Waals surface area contributed by atoms with Gasteiger partial charge >= 0.3 is 11.8 Å². The average Bonchev–Trinajstić information content (AvgIpc) is 3.35. The molecule has 2 aliphatic rings. The second-order valence-electron chi connectivity index (χ2n) is 9.73. The van der Waals surface area contributed by atoms with Gasteiger partial charge in [0.05, 0.1) is 13.1 Å². The first-order chi connectivity index (χ1) is 16.2. The van der Waals surface area contributed by atoms with E-state index >= 15 is 0 Å². The fourth-order valence-electron chi connectivity index (χ4n) is 3.87. The summed E-state index contributed by atoms with van der Waals surface area (Å²) in [6, 6.07) is 3.85. The summed E-state index contributed by atoms with van der Waals surface area (Å²) in [4.78, 5) is 11.8. The van der Waals surface area contributed by atoms with E-state index in [-0.39, 0.29) is 47.1 Å². The van der Waals surface area contributed by atoms with Crippen LogP contribution in [0.5, 0.6) is 0 Å². The number of aromatic nitrogens is 5. The number of benzene rings is 1. The number of fused-ring (bicyclic) bond motifs is 1. The van der Waals surface area contributed by atoms with Gasteiger partial charge in [-0.2, -0.15) is 18.0 Å². The molecule has 1 aromatic carbocycles. The van der Waals surface area contributed by atoms with Crippen LogP contribution in [0.4, 0.5) is 27.8 Å². The van der Waals surface area contributed by atoms with E-state index in [2.05, 4.69) is 30.4 Å². The third-order valence-corrected chi connectivity index (χ3v) is 6.23. The van der Waals surface area contributed by atoms with Crippen molar-refractivity contribution in [1.29, 1.82) is 0 Å². The molecular formula is C21H20ClF5N8. The average molecular weight is 515 g/mol. The third-order valence-electron chi connectivity index (χ3n) is 5.88. The molecule has 1 saturated heterocycles. The summed E-state index contributed by atoms with van der Waals surface area (Å²) in [5.41, 5.74) is -2.28. The molecule has 3 aromatic rings. The van der Waals surface area contributed by atoms with Gasteiger partial charge in [0.1, 0.15) is 5.82 Å². The lowest BCUT2D eigenvalue weighted by Gasteiger charge is -2.21. The highest BCUT2D eigenvalue weighted by Gasteiger charge is 2.65. The maximum Gasteiger partial charge on any atom is 0.442 e. The monoisotopic (exact) mass is 514 g/mol. The van der Waals surface area contributed by atoms with Crippen molar-refractivity contribution in [3.8, 4) is 0 Å². The molecule has 186 valence electrons. The standard InChI is InChI=1S/C21H20ClF5N8/c1-18(2,3)17-28-15-14(16(29-17)34-7-6-19(23,24)10-34)30-35(31-15)9-11-4-5-12(8-13(11)22)20(32-33-20)21(25,26)27/h4-5,8H,6-7,9-10H2,1-3H3. The number of anilines is 1. The van der Waals surface area contributed by atoms with E-state index in [1.807, 2.05) is 20.8 Å². The molecule has 0 unspecified atom stereocenters. The van der Waals surface area contributed by atoms with Crippen LogP contribution < -0.4 is 4.90 Å². The van der Waals surface area contributed by atoms with Crippen molar-refractivity contribution >= 4 is 28.6 Å². The summed E-state index contributed by atoms with van der Waals surface area (Å²) in [6.07, 6.45) is -4.96. The second-order valence-corrected chi connectivity index (χ2v) is 10.1. The fourth-order valence-corrected chi connectivity index (χ4v) is 4.11. The Bertz CT molecular complexity index is 1340. The molecule has 0 bridgehead atoms. The normalized spacial score (nSPS) is 19.1. The predicted molar refractivity (Wildman–Crippen MR) is 117 cm³/mol. The number of nitrogens with zero attached hydrogens (tertiary/aromatic N) is 8. The largest absolute Gasteiger partial charge is 0.442 e. The molecule has 35 heavy (non-hydrogen) atoms. The molecule has 4 heterocycles. The van der Waals surface area contributed by atoms with Crippen molar-refractivity contribution in [2.75, 3.05) is 18.0 Å². The smallest absolute Gasteiger partial charge is 0.348 e. The lowest BCUT2D eigenvalue weighted by atomic mass is 9.96. The maximum absolute atomic E-state index is 13.9. The molecule has 0 amide bonds. The van der Waals surface area contributed by atoms with Crippen molar-refractivity contribution in [3.05, 3.63) is 40.2 Å². The summed E-state index contributed by atoms with van der Waals surface area (Å²) in [5.74, 6) is -2.13. The van der Waals surface area contributed by atoms with Gasteiger partial charge in [-0.15, -0.1) is 20.4 Å². The number of alkyl halides is 5. The summed E-state index contributed by atoms with van der Waals surface area (Å²) >= 11 is 6.27. The highest BCUT2D eigenvalue weighted by molar-refractivity contribution is 6.31. The molecule has 0 aliphatic carbocycles. The maximum atomic E-state index is 13.9. The minimum atomic E-state index is -4.66. The van der Waals surface area contributed by atoms with Crippen LogP contribution >= 0.6 is 11.6 Å². The van der Waals surface area contributed by atoms with Crippen LogP contribution in [-0.4, -0.2) is 50.2 Å². The van der Waals surface area contributed by atoms with Crippen molar-refractivity contribution in [1.82, 2.24) is 25.0 Å². The number of hydrogen-bond donors (Lipinski definition) is 0. The van der Waals surface area contributed by atoms with E-state index in [0.717, 1.165) is 0 Å². The van der Waals surface area contributed by atoms with Crippen LogP contribution in [0.15, 0.2) is 28.4 Å². The van der Waals surface area contributed by atoms with Crippen LogP contribution in [0.2, 0.25) is 5.02 Å². The van der Waals surface area contributed by atoms with E-state index < -0.39 is 29.7 Å². The Hall–Kier alpha value is -2.96. The lowest BCUT2D eigenvalue weighted by Crippen LogP contribution is -2.30. The molecule has 2 aliphatic heterocycles. The van der Waals surface area contributed by atoms with Crippen LogP contribution in [0.3, 0.4) is 0 Å². The summed E-state index contributed by atoms with van der Waals surface area (Å²) < 4.78 is 67.7. The van der Waals surface area contributed by atoms with Gasteiger partial charge < -0.3 is 4.90 Å². The minimum absolute atomic E-state index is 0.0171.